The van der Waals surface area contributed by atoms with Crippen LogP contribution in [-0.4, -0.2) is 20.6 Å². The molecule has 1 heterocycles. The summed E-state index contributed by atoms with van der Waals surface area (Å²) in [6, 6.07) is 0. The second kappa shape index (κ2) is 5.65. The van der Waals surface area contributed by atoms with E-state index in [-0.39, 0.29) is 5.54 Å². The Kier molecular flexibility index (Phi) is 5.01. The zero-order valence-corrected chi connectivity index (χ0v) is 13.4. The lowest BCUT2D eigenvalue weighted by molar-refractivity contribution is 0.372. The van der Waals surface area contributed by atoms with E-state index in [1.807, 2.05) is 18.7 Å². The number of rotatable bonds is 5. The van der Waals surface area contributed by atoms with E-state index in [1.165, 1.54) is 5.69 Å². The van der Waals surface area contributed by atoms with Gasteiger partial charge in [0.2, 0.25) is 0 Å². The fraction of sp³-hybridized carbons (Fsp3) is 0.727. The van der Waals surface area contributed by atoms with Crippen molar-refractivity contribution in [2.75, 3.05) is 5.33 Å². The number of hydrogen-bond donors (Lipinski definition) is 1. The first kappa shape index (κ1) is 14.2. The van der Waals surface area contributed by atoms with Gasteiger partial charge in [0.05, 0.1) is 15.9 Å². The van der Waals surface area contributed by atoms with E-state index < -0.39 is 0 Å². The maximum Gasteiger partial charge on any atom is 0.0739 e. The summed E-state index contributed by atoms with van der Waals surface area (Å²) in [6.45, 7) is 7.27. The summed E-state index contributed by atoms with van der Waals surface area (Å²) < 4.78 is 3.04. The first-order valence-corrected chi connectivity index (χ1v) is 7.28. The Bertz CT molecular complexity index is 358. The molecule has 0 aliphatic heterocycles. The second-order valence-electron chi connectivity index (χ2n) is 4.65. The quantitative estimate of drug-likeness (QED) is 0.825. The van der Waals surface area contributed by atoms with Crippen LogP contribution in [0.25, 0.3) is 0 Å². The summed E-state index contributed by atoms with van der Waals surface area (Å²) in [6.07, 6.45) is 1.10. The fourth-order valence-corrected chi connectivity index (χ4v) is 2.99. The van der Waals surface area contributed by atoms with Gasteiger partial charge in [-0.2, -0.15) is 5.10 Å². The molecule has 1 rings (SSSR count). The van der Waals surface area contributed by atoms with E-state index >= 15 is 0 Å². The van der Waals surface area contributed by atoms with Crippen molar-refractivity contribution < 1.29 is 0 Å². The molecule has 92 valence electrons. The van der Waals surface area contributed by atoms with Crippen molar-refractivity contribution in [1.82, 2.24) is 15.1 Å². The molecule has 16 heavy (non-hydrogen) atoms. The number of aryl methyl sites for hydroxylation is 2. The van der Waals surface area contributed by atoms with Crippen LogP contribution < -0.4 is 5.32 Å². The van der Waals surface area contributed by atoms with Gasteiger partial charge in [-0.15, -0.1) is 0 Å². The molecule has 0 fully saturated rings. The molecule has 0 saturated heterocycles. The molecule has 0 amide bonds. The minimum atomic E-state index is 0.140. The Balaban J connectivity index is 2.67. The lowest BCUT2D eigenvalue weighted by atomic mass is 10.0. The van der Waals surface area contributed by atoms with Crippen molar-refractivity contribution in [2.45, 2.75) is 39.3 Å². The molecule has 0 saturated carbocycles. The normalized spacial score (nSPS) is 12.1. The molecule has 3 nitrogen and oxygen atoms in total. The zero-order chi connectivity index (χ0) is 12.3. The summed E-state index contributed by atoms with van der Waals surface area (Å²) in [5.74, 6) is 0. The molecule has 0 aromatic carbocycles. The van der Waals surface area contributed by atoms with Crippen LogP contribution in [0.3, 0.4) is 0 Å². The Morgan fingerprint density at radius 2 is 2.06 bits per heavy atom. The molecule has 0 atom stereocenters. The molecule has 0 bridgehead atoms. The van der Waals surface area contributed by atoms with E-state index in [4.69, 9.17) is 0 Å². The van der Waals surface area contributed by atoms with E-state index in [9.17, 15) is 0 Å². The zero-order valence-electron chi connectivity index (χ0n) is 10.3. The summed E-state index contributed by atoms with van der Waals surface area (Å²) in [4.78, 5) is 0. The maximum absolute atomic E-state index is 4.38. The molecule has 0 unspecified atom stereocenters. The predicted molar refractivity (Wildman–Crippen MR) is 75.0 cm³/mol. The summed E-state index contributed by atoms with van der Waals surface area (Å²) >= 11 is 7.05. The average molecular weight is 353 g/mol. The molecular formula is C11H19Br2N3. The lowest BCUT2D eigenvalue weighted by Crippen LogP contribution is -2.39. The number of hydrogen-bond acceptors (Lipinski definition) is 2. The van der Waals surface area contributed by atoms with Crippen molar-refractivity contribution in [3.8, 4) is 0 Å². The fourth-order valence-electron chi connectivity index (χ4n) is 1.52. The van der Waals surface area contributed by atoms with E-state index in [0.29, 0.717) is 0 Å². The Labute approximate surface area is 114 Å². The van der Waals surface area contributed by atoms with Crippen LogP contribution >= 0.6 is 31.9 Å². The topological polar surface area (TPSA) is 29.9 Å². The first-order chi connectivity index (χ1) is 7.37. The maximum atomic E-state index is 4.38. The van der Waals surface area contributed by atoms with Gasteiger partial charge in [-0.1, -0.05) is 15.9 Å². The summed E-state index contributed by atoms with van der Waals surface area (Å²) in [7, 11) is 1.98. The third kappa shape index (κ3) is 3.57. The highest BCUT2D eigenvalue weighted by molar-refractivity contribution is 9.10. The minimum Gasteiger partial charge on any atom is -0.306 e. The van der Waals surface area contributed by atoms with Gasteiger partial charge in [-0.3, -0.25) is 4.68 Å². The van der Waals surface area contributed by atoms with Crippen LogP contribution in [0.5, 0.6) is 0 Å². The molecule has 1 aromatic heterocycles. The number of nitrogens with one attached hydrogen (secondary N) is 1. The van der Waals surface area contributed by atoms with E-state index in [1.54, 1.807) is 0 Å². The third-order valence-electron chi connectivity index (χ3n) is 2.72. The highest BCUT2D eigenvalue weighted by Gasteiger charge is 2.18. The van der Waals surface area contributed by atoms with Crippen LogP contribution in [0.2, 0.25) is 0 Å². The summed E-state index contributed by atoms with van der Waals surface area (Å²) in [5.41, 5.74) is 2.37. The van der Waals surface area contributed by atoms with Crippen molar-refractivity contribution in [3.63, 3.8) is 0 Å². The van der Waals surface area contributed by atoms with Gasteiger partial charge in [0.1, 0.15) is 0 Å². The van der Waals surface area contributed by atoms with Crippen molar-refractivity contribution in [1.29, 1.82) is 0 Å². The Hall–Kier alpha value is 0.130. The smallest absolute Gasteiger partial charge is 0.0739 e. The molecule has 0 spiro atoms. The molecule has 5 heteroatoms. The van der Waals surface area contributed by atoms with Crippen molar-refractivity contribution >= 4 is 31.9 Å². The lowest BCUT2D eigenvalue weighted by Gasteiger charge is -2.25. The number of halogens is 2. The average Bonchev–Trinajstić information content (AvgIpc) is 2.39. The van der Waals surface area contributed by atoms with Gasteiger partial charge in [-0.05, 0) is 43.1 Å². The van der Waals surface area contributed by atoms with Crippen LogP contribution in [0.15, 0.2) is 4.47 Å². The van der Waals surface area contributed by atoms with Gasteiger partial charge in [0.15, 0.2) is 0 Å². The van der Waals surface area contributed by atoms with Gasteiger partial charge >= 0.3 is 0 Å². The number of aromatic nitrogens is 2. The van der Waals surface area contributed by atoms with Gasteiger partial charge in [0.25, 0.3) is 0 Å². The van der Waals surface area contributed by atoms with E-state index in [2.05, 4.69) is 56.1 Å². The van der Waals surface area contributed by atoms with Crippen LogP contribution in [0.4, 0.5) is 0 Å². The standard InChI is InChI=1S/C11H19Br2N3/c1-8-10(13)9(16(4)15-8)7-14-11(2,3)5-6-12/h14H,5-7H2,1-4H3. The van der Waals surface area contributed by atoms with Crippen LogP contribution in [0.1, 0.15) is 31.7 Å². The Morgan fingerprint density at radius 3 is 2.50 bits per heavy atom. The molecule has 0 aliphatic rings. The highest BCUT2D eigenvalue weighted by atomic mass is 79.9. The molecule has 1 aromatic rings. The van der Waals surface area contributed by atoms with Crippen molar-refractivity contribution in [3.05, 3.63) is 15.9 Å². The largest absolute Gasteiger partial charge is 0.306 e. The molecule has 0 aliphatic carbocycles. The van der Waals surface area contributed by atoms with E-state index in [0.717, 1.165) is 28.5 Å². The molecular weight excluding hydrogens is 334 g/mol. The third-order valence-corrected chi connectivity index (χ3v) is 4.14. The first-order valence-electron chi connectivity index (χ1n) is 5.36. The SMILES string of the molecule is Cc1nn(C)c(CNC(C)(C)CCBr)c1Br. The van der Waals surface area contributed by atoms with Gasteiger partial charge in [0, 0.05) is 24.5 Å². The minimum absolute atomic E-state index is 0.140. The monoisotopic (exact) mass is 351 g/mol. The molecule has 1 N–H and O–H groups in total. The highest BCUT2D eigenvalue weighted by Crippen LogP contribution is 2.21. The van der Waals surface area contributed by atoms with Crippen molar-refractivity contribution in [2.24, 2.45) is 7.05 Å². The van der Waals surface area contributed by atoms with Crippen LogP contribution in [-0.2, 0) is 13.6 Å². The van der Waals surface area contributed by atoms with Gasteiger partial charge in [-0.25, -0.2) is 0 Å². The van der Waals surface area contributed by atoms with Gasteiger partial charge < -0.3 is 5.32 Å². The number of alkyl halides is 1. The second-order valence-corrected chi connectivity index (χ2v) is 6.23. The summed E-state index contributed by atoms with van der Waals surface area (Å²) in [5, 5.41) is 8.94. The molecule has 0 radical (unpaired) electrons. The number of nitrogens with zero attached hydrogens (tertiary/aromatic N) is 2. The Morgan fingerprint density at radius 1 is 1.44 bits per heavy atom. The van der Waals surface area contributed by atoms with Crippen LogP contribution in [0, 0.1) is 6.92 Å². The predicted octanol–water partition coefficient (Wildman–Crippen LogP) is 3.14.